The maximum Gasteiger partial charge on any atom is 0.115 e. The van der Waals surface area contributed by atoms with E-state index >= 15 is 0 Å². The molecule has 3 aromatic rings. The molecule has 2 aromatic carbocycles. The van der Waals surface area contributed by atoms with E-state index < -0.39 is 0 Å². The molecule has 24 heavy (non-hydrogen) atoms. The molecule has 2 N–H and O–H groups in total. The van der Waals surface area contributed by atoms with Crippen LogP contribution >= 0.6 is 0 Å². The van der Waals surface area contributed by atoms with Crippen molar-refractivity contribution in [1.29, 1.82) is 0 Å². The van der Waals surface area contributed by atoms with Crippen LogP contribution in [0.3, 0.4) is 0 Å². The Kier molecular flexibility index (Phi) is 3.84. The number of rotatable bonds is 2. The summed E-state index contributed by atoms with van der Waals surface area (Å²) in [6, 6.07) is 14.1. The van der Waals surface area contributed by atoms with Crippen LogP contribution in [0.5, 0.6) is 11.5 Å². The highest BCUT2D eigenvalue weighted by Gasteiger charge is 2.26. The Morgan fingerprint density at radius 1 is 0.833 bits per heavy atom. The van der Waals surface area contributed by atoms with Crippen molar-refractivity contribution in [3.05, 3.63) is 59.8 Å². The number of hydrogen-bond acceptors (Lipinski definition) is 3. The van der Waals surface area contributed by atoms with Gasteiger partial charge in [-0.25, -0.2) is 4.68 Å². The molecule has 1 aromatic heterocycles. The number of phenols is 2. The second kappa shape index (κ2) is 5.71. The monoisotopic (exact) mass is 322 g/mol. The number of aromatic hydroxyl groups is 2. The summed E-state index contributed by atoms with van der Waals surface area (Å²) in [5, 5.41) is 23.9. The van der Waals surface area contributed by atoms with Crippen LogP contribution < -0.4 is 0 Å². The van der Waals surface area contributed by atoms with E-state index in [1.807, 2.05) is 28.9 Å². The van der Waals surface area contributed by atoms with Gasteiger partial charge in [-0.05, 0) is 61.0 Å². The molecule has 0 fully saturated rings. The van der Waals surface area contributed by atoms with E-state index in [-0.39, 0.29) is 16.9 Å². The maximum absolute atomic E-state index is 9.54. The van der Waals surface area contributed by atoms with Crippen molar-refractivity contribution in [2.24, 2.45) is 0 Å². The molecule has 0 saturated carbocycles. The average molecular weight is 322 g/mol. The molecule has 0 amide bonds. The van der Waals surface area contributed by atoms with Crippen LogP contribution in [0, 0.1) is 6.92 Å². The van der Waals surface area contributed by atoms with Crippen molar-refractivity contribution in [2.45, 2.75) is 33.1 Å². The summed E-state index contributed by atoms with van der Waals surface area (Å²) in [5.74, 6) is 0.476. The predicted molar refractivity (Wildman–Crippen MR) is 95.8 cm³/mol. The molecule has 0 aliphatic rings. The van der Waals surface area contributed by atoms with Gasteiger partial charge in [0.15, 0.2) is 0 Å². The fraction of sp³-hybridized carbons (Fsp3) is 0.250. The Balaban J connectivity index is 2.23. The van der Waals surface area contributed by atoms with Gasteiger partial charge in [-0.15, -0.1) is 0 Å². The lowest BCUT2D eigenvalue weighted by molar-refractivity contribution is 0.474. The zero-order valence-corrected chi connectivity index (χ0v) is 14.4. The van der Waals surface area contributed by atoms with Crippen LogP contribution in [-0.2, 0) is 5.41 Å². The summed E-state index contributed by atoms with van der Waals surface area (Å²) in [4.78, 5) is 0. The van der Waals surface area contributed by atoms with Crippen LogP contribution in [0.15, 0.2) is 48.5 Å². The largest absolute Gasteiger partial charge is 0.508 e. The molecule has 0 spiro atoms. The average Bonchev–Trinajstić information content (AvgIpc) is 2.86. The molecule has 4 heteroatoms. The SMILES string of the molecule is Cc1c(-c2ccc(O)cc2)nn(-c2ccc(O)cc2)c1C(C)(C)C. The molecular formula is C20H22N2O2. The molecule has 4 nitrogen and oxygen atoms in total. The molecule has 0 bridgehead atoms. The highest BCUT2D eigenvalue weighted by atomic mass is 16.3. The minimum atomic E-state index is -0.0931. The molecule has 0 aliphatic heterocycles. The van der Waals surface area contributed by atoms with E-state index in [9.17, 15) is 10.2 Å². The van der Waals surface area contributed by atoms with Crippen molar-refractivity contribution in [3.8, 4) is 28.4 Å². The van der Waals surface area contributed by atoms with Crippen molar-refractivity contribution in [1.82, 2.24) is 9.78 Å². The van der Waals surface area contributed by atoms with Crippen molar-refractivity contribution in [3.63, 3.8) is 0 Å². The van der Waals surface area contributed by atoms with Gasteiger partial charge in [0.05, 0.1) is 17.1 Å². The van der Waals surface area contributed by atoms with Gasteiger partial charge in [-0.2, -0.15) is 5.10 Å². The van der Waals surface area contributed by atoms with Crippen LogP contribution in [-0.4, -0.2) is 20.0 Å². The second-order valence-corrected chi connectivity index (χ2v) is 7.05. The van der Waals surface area contributed by atoms with Crippen molar-refractivity contribution < 1.29 is 10.2 Å². The van der Waals surface area contributed by atoms with Crippen molar-refractivity contribution >= 4 is 0 Å². The lowest BCUT2D eigenvalue weighted by Crippen LogP contribution is -2.18. The summed E-state index contributed by atoms with van der Waals surface area (Å²) in [5.41, 5.74) is 4.91. The first-order valence-electron chi connectivity index (χ1n) is 7.96. The lowest BCUT2D eigenvalue weighted by Gasteiger charge is -2.21. The number of benzene rings is 2. The first-order chi connectivity index (χ1) is 11.3. The fourth-order valence-corrected chi connectivity index (χ4v) is 3.05. The van der Waals surface area contributed by atoms with E-state index in [2.05, 4.69) is 27.7 Å². The molecule has 0 aliphatic carbocycles. The van der Waals surface area contributed by atoms with Gasteiger partial charge in [-0.3, -0.25) is 0 Å². The maximum atomic E-state index is 9.54. The van der Waals surface area contributed by atoms with Crippen molar-refractivity contribution in [2.75, 3.05) is 0 Å². The standard InChI is InChI=1S/C20H22N2O2/c1-13-18(14-5-9-16(23)10-6-14)21-22(19(13)20(2,3)4)15-7-11-17(24)12-8-15/h5-12,23-24H,1-4H3. The zero-order valence-electron chi connectivity index (χ0n) is 14.4. The zero-order chi connectivity index (χ0) is 17.5. The van der Waals surface area contributed by atoms with Crippen LogP contribution in [0.1, 0.15) is 32.0 Å². The first kappa shape index (κ1) is 16.1. The molecule has 0 radical (unpaired) electrons. The highest BCUT2D eigenvalue weighted by Crippen LogP contribution is 2.34. The van der Waals surface area contributed by atoms with Gasteiger partial charge < -0.3 is 10.2 Å². The Labute approximate surface area is 142 Å². The highest BCUT2D eigenvalue weighted by molar-refractivity contribution is 5.66. The summed E-state index contributed by atoms with van der Waals surface area (Å²) in [7, 11) is 0. The van der Waals surface area contributed by atoms with Crippen LogP contribution in [0.25, 0.3) is 16.9 Å². The van der Waals surface area contributed by atoms with Gasteiger partial charge in [-0.1, -0.05) is 20.8 Å². The van der Waals surface area contributed by atoms with Gasteiger partial charge in [0.2, 0.25) is 0 Å². The molecular weight excluding hydrogens is 300 g/mol. The van der Waals surface area contributed by atoms with Crippen LogP contribution in [0.2, 0.25) is 0 Å². The molecule has 3 rings (SSSR count). The van der Waals surface area contributed by atoms with E-state index in [0.717, 1.165) is 28.2 Å². The second-order valence-electron chi connectivity index (χ2n) is 7.05. The minimum Gasteiger partial charge on any atom is -0.508 e. The summed E-state index contributed by atoms with van der Waals surface area (Å²) in [6.45, 7) is 8.56. The third kappa shape index (κ3) is 2.87. The van der Waals surface area contributed by atoms with Gasteiger partial charge >= 0.3 is 0 Å². The first-order valence-corrected chi connectivity index (χ1v) is 7.96. The molecule has 1 heterocycles. The number of aromatic nitrogens is 2. The third-order valence-electron chi connectivity index (χ3n) is 4.07. The summed E-state index contributed by atoms with van der Waals surface area (Å²) >= 11 is 0. The number of phenolic OH excluding ortho intramolecular Hbond substituents is 2. The lowest BCUT2D eigenvalue weighted by atomic mass is 9.88. The molecule has 0 saturated heterocycles. The Bertz CT molecular complexity index is 854. The number of hydrogen-bond donors (Lipinski definition) is 2. The molecule has 0 unspecified atom stereocenters. The molecule has 0 atom stereocenters. The Morgan fingerprint density at radius 2 is 1.33 bits per heavy atom. The quantitative estimate of drug-likeness (QED) is 0.727. The van der Waals surface area contributed by atoms with Gasteiger partial charge in [0.25, 0.3) is 0 Å². The van der Waals surface area contributed by atoms with E-state index in [4.69, 9.17) is 5.10 Å². The molecule has 124 valence electrons. The topological polar surface area (TPSA) is 58.3 Å². The summed E-state index contributed by atoms with van der Waals surface area (Å²) in [6.07, 6.45) is 0. The normalized spacial score (nSPS) is 11.7. The van der Waals surface area contributed by atoms with Gasteiger partial charge in [0.1, 0.15) is 11.5 Å². The summed E-state index contributed by atoms with van der Waals surface area (Å²) < 4.78 is 1.94. The smallest absolute Gasteiger partial charge is 0.115 e. The van der Waals surface area contributed by atoms with E-state index in [0.29, 0.717) is 0 Å². The Morgan fingerprint density at radius 3 is 1.83 bits per heavy atom. The van der Waals surface area contributed by atoms with Crippen LogP contribution in [0.4, 0.5) is 0 Å². The van der Waals surface area contributed by atoms with E-state index in [1.54, 1.807) is 24.3 Å². The van der Waals surface area contributed by atoms with E-state index in [1.165, 1.54) is 0 Å². The van der Waals surface area contributed by atoms with Gasteiger partial charge in [0, 0.05) is 11.0 Å². The predicted octanol–water partition coefficient (Wildman–Crippen LogP) is 4.56. The number of nitrogens with zero attached hydrogens (tertiary/aromatic N) is 2. The Hall–Kier alpha value is -2.75. The fourth-order valence-electron chi connectivity index (χ4n) is 3.05. The third-order valence-corrected chi connectivity index (χ3v) is 4.07. The minimum absolute atomic E-state index is 0.0931.